The van der Waals surface area contributed by atoms with E-state index in [0.29, 0.717) is 6.20 Å². The number of aromatic nitrogens is 1. The lowest BCUT2D eigenvalue weighted by Gasteiger charge is -2.05. The molecule has 0 amide bonds. The summed E-state index contributed by atoms with van der Waals surface area (Å²) >= 11 is 10.4. The normalized spacial score (nSPS) is 10.6. The fraction of sp³-hybridized carbons (Fsp3) is 0.143. The Bertz CT molecular complexity index is 467. The number of hydrogen-bond acceptors (Lipinski definition) is 4. The number of nitrogens with zero attached hydrogens (tertiary/aromatic N) is 2. The molecule has 0 aromatic carbocycles. The summed E-state index contributed by atoms with van der Waals surface area (Å²) in [6.45, 7) is 0. The van der Waals surface area contributed by atoms with Crippen molar-refractivity contribution in [1.29, 1.82) is 0 Å². The Morgan fingerprint density at radius 2 is 2.12 bits per heavy atom. The van der Waals surface area contributed by atoms with Crippen molar-refractivity contribution in [2.24, 2.45) is 0 Å². The Kier molecular flexibility index (Phi) is 3.71. The molecule has 0 spiro atoms. The van der Waals surface area contributed by atoms with E-state index >= 15 is 0 Å². The largest absolute Gasteiger partial charge is 0.306 e. The van der Waals surface area contributed by atoms with E-state index in [1.54, 1.807) is 0 Å². The average Bonchev–Trinajstić information content (AvgIpc) is 2.15. The first-order valence-corrected chi connectivity index (χ1v) is 4.42. The predicted octanol–water partition coefficient (Wildman–Crippen LogP) is 2.96. The SMILES string of the molecule is O=C(Cl)c1c(C(F)F)ncc([N+](=O)[O-])c1Cl. The van der Waals surface area contributed by atoms with Gasteiger partial charge in [0.2, 0.25) is 0 Å². The second-order valence-electron chi connectivity index (χ2n) is 2.55. The molecule has 0 bridgehead atoms. The molecule has 0 aliphatic rings. The molecule has 0 saturated carbocycles. The molecule has 0 aliphatic carbocycles. The number of hydrogen-bond donors (Lipinski definition) is 0. The van der Waals surface area contributed by atoms with E-state index in [4.69, 9.17) is 23.2 Å². The molecule has 0 saturated heterocycles. The van der Waals surface area contributed by atoms with Gasteiger partial charge >= 0.3 is 5.69 Å². The lowest BCUT2D eigenvalue weighted by Crippen LogP contribution is -2.05. The molecular weight excluding hydrogens is 269 g/mol. The molecule has 1 aromatic heterocycles. The first kappa shape index (κ1) is 12.7. The predicted molar refractivity (Wildman–Crippen MR) is 51.0 cm³/mol. The summed E-state index contributed by atoms with van der Waals surface area (Å²) in [5.41, 5.74) is -2.57. The summed E-state index contributed by atoms with van der Waals surface area (Å²) in [5, 5.41) is 8.35. The molecule has 1 rings (SSSR count). The third-order valence-electron chi connectivity index (χ3n) is 1.63. The highest BCUT2D eigenvalue weighted by Crippen LogP contribution is 2.33. The van der Waals surface area contributed by atoms with E-state index < -0.39 is 38.6 Å². The van der Waals surface area contributed by atoms with Crippen LogP contribution < -0.4 is 0 Å². The van der Waals surface area contributed by atoms with Crippen LogP contribution in [-0.2, 0) is 0 Å². The van der Waals surface area contributed by atoms with Gasteiger partial charge < -0.3 is 0 Å². The molecule has 16 heavy (non-hydrogen) atoms. The first-order valence-electron chi connectivity index (χ1n) is 3.67. The van der Waals surface area contributed by atoms with Crippen molar-refractivity contribution in [2.75, 3.05) is 0 Å². The lowest BCUT2D eigenvalue weighted by atomic mass is 10.2. The third kappa shape index (κ3) is 2.25. The third-order valence-corrected chi connectivity index (χ3v) is 2.20. The smallest absolute Gasteiger partial charge is 0.275 e. The number of pyridine rings is 1. The van der Waals surface area contributed by atoms with Crippen LogP contribution in [0.1, 0.15) is 22.5 Å². The van der Waals surface area contributed by atoms with Crippen LogP contribution in [-0.4, -0.2) is 15.1 Å². The number of alkyl halides is 2. The highest BCUT2D eigenvalue weighted by atomic mass is 35.5. The standard InChI is InChI=1S/C7H2Cl2F2N2O3/c8-4-2(13(15)16)1-12-5(7(10)11)3(4)6(9)14/h1,7H. The molecule has 0 radical (unpaired) electrons. The molecule has 0 atom stereocenters. The van der Waals surface area contributed by atoms with Crippen molar-refractivity contribution in [3.05, 3.63) is 32.6 Å². The van der Waals surface area contributed by atoms with Gasteiger partial charge in [-0.3, -0.25) is 14.9 Å². The van der Waals surface area contributed by atoms with Gasteiger partial charge in [-0.1, -0.05) is 11.6 Å². The van der Waals surface area contributed by atoms with Crippen LogP contribution in [0.4, 0.5) is 14.5 Å². The second-order valence-corrected chi connectivity index (χ2v) is 3.27. The molecule has 0 N–H and O–H groups in total. The van der Waals surface area contributed by atoms with E-state index in [0.717, 1.165) is 0 Å². The van der Waals surface area contributed by atoms with Crippen LogP contribution in [0.3, 0.4) is 0 Å². The summed E-state index contributed by atoms with van der Waals surface area (Å²) in [6.07, 6.45) is -2.55. The summed E-state index contributed by atoms with van der Waals surface area (Å²) in [7, 11) is 0. The maximum absolute atomic E-state index is 12.4. The van der Waals surface area contributed by atoms with Gasteiger partial charge in [-0.15, -0.1) is 0 Å². The molecule has 1 aromatic rings. The van der Waals surface area contributed by atoms with Crippen molar-refractivity contribution in [1.82, 2.24) is 4.98 Å². The van der Waals surface area contributed by atoms with Gasteiger partial charge in [0.15, 0.2) is 0 Å². The van der Waals surface area contributed by atoms with E-state index in [1.165, 1.54) is 0 Å². The number of rotatable bonds is 3. The van der Waals surface area contributed by atoms with Crippen LogP contribution >= 0.6 is 23.2 Å². The Labute approximate surface area is 97.1 Å². The molecule has 0 unspecified atom stereocenters. The Hall–Kier alpha value is -1.34. The molecule has 0 aliphatic heterocycles. The minimum atomic E-state index is -3.10. The Balaban J connectivity index is 3.54. The quantitative estimate of drug-likeness (QED) is 0.481. The monoisotopic (exact) mass is 270 g/mol. The lowest BCUT2D eigenvalue weighted by molar-refractivity contribution is -0.385. The zero-order valence-electron chi connectivity index (χ0n) is 7.29. The molecular formula is C7H2Cl2F2N2O3. The number of carbonyl (C=O) groups is 1. The van der Waals surface area contributed by atoms with E-state index in [-0.39, 0.29) is 0 Å². The fourth-order valence-corrected chi connectivity index (χ4v) is 1.51. The maximum atomic E-state index is 12.4. The highest BCUT2D eigenvalue weighted by molar-refractivity contribution is 6.69. The van der Waals surface area contributed by atoms with Crippen LogP contribution in [0.15, 0.2) is 6.20 Å². The van der Waals surface area contributed by atoms with Gasteiger partial charge in [-0.25, -0.2) is 13.8 Å². The minimum Gasteiger partial charge on any atom is -0.275 e. The van der Waals surface area contributed by atoms with E-state index in [1.807, 2.05) is 0 Å². The zero-order chi connectivity index (χ0) is 12.5. The van der Waals surface area contributed by atoms with Gasteiger partial charge in [-0.05, 0) is 11.6 Å². The van der Waals surface area contributed by atoms with Gasteiger partial charge in [-0.2, -0.15) is 0 Å². The average molecular weight is 271 g/mol. The van der Waals surface area contributed by atoms with Gasteiger partial charge in [0.05, 0.1) is 10.5 Å². The topological polar surface area (TPSA) is 73.1 Å². The molecule has 5 nitrogen and oxygen atoms in total. The molecule has 1 heterocycles. The minimum absolute atomic E-state index is 0.549. The van der Waals surface area contributed by atoms with Crippen LogP contribution in [0, 0.1) is 10.1 Å². The van der Waals surface area contributed by atoms with Crippen molar-refractivity contribution in [3.8, 4) is 0 Å². The van der Waals surface area contributed by atoms with Crippen molar-refractivity contribution >= 4 is 34.1 Å². The molecule has 9 heteroatoms. The number of halogens is 4. The Morgan fingerprint density at radius 1 is 1.56 bits per heavy atom. The summed E-state index contributed by atoms with van der Waals surface area (Å²) in [6, 6.07) is 0. The summed E-state index contributed by atoms with van der Waals surface area (Å²) < 4.78 is 24.8. The Morgan fingerprint density at radius 3 is 2.50 bits per heavy atom. The highest BCUT2D eigenvalue weighted by Gasteiger charge is 2.28. The number of carbonyl (C=O) groups excluding carboxylic acids is 1. The fourth-order valence-electron chi connectivity index (χ4n) is 0.972. The van der Waals surface area contributed by atoms with Crippen molar-refractivity contribution in [3.63, 3.8) is 0 Å². The zero-order valence-corrected chi connectivity index (χ0v) is 8.80. The van der Waals surface area contributed by atoms with Crippen LogP contribution in [0.2, 0.25) is 5.02 Å². The molecule has 86 valence electrons. The molecule has 0 fully saturated rings. The van der Waals surface area contributed by atoms with Crippen molar-refractivity contribution < 1.29 is 18.5 Å². The van der Waals surface area contributed by atoms with Gasteiger partial charge in [0, 0.05) is 0 Å². The second kappa shape index (κ2) is 4.67. The number of nitro groups is 1. The van der Waals surface area contributed by atoms with Gasteiger partial charge in [0.25, 0.3) is 11.7 Å². The maximum Gasteiger partial charge on any atom is 0.306 e. The van der Waals surface area contributed by atoms with Crippen molar-refractivity contribution in [2.45, 2.75) is 6.43 Å². The van der Waals surface area contributed by atoms with E-state index in [9.17, 15) is 23.7 Å². The van der Waals surface area contributed by atoms with Gasteiger partial charge in [0.1, 0.15) is 16.9 Å². The van der Waals surface area contributed by atoms with E-state index in [2.05, 4.69) is 4.98 Å². The van der Waals surface area contributed by atoms with Crippen LogP contribution in [0.5, 0.6) is 0 Å². The first-order chi connectivity index (χ1) is 7.36. The summed E-state index contributed by atoms with van der Waals surface area (Å²) in [4.78, 5) is 23.4. The summed E-state index contributed by atoms with van der Waals surface area (Å²) in [5.74, 6) is 0. The van der Waals surface area contributed by atoms with Crippen LogP contribution in [0.25, 0.3) is 0 Å².